The second-order valence-corrected chi connectivity index (χ2v) is 11.8. The molecule has 2 aliphatic heterocycles. The van der Waals surface area contributed by atoms with E-state index in [2.05, 4.69) is 14.6 Å². The van der Waals surface area contributed by atoms with Crippen molar-refractivity contribution in [2.45, 2.75) is 64.0 Å². The minimum absolute atomic E-state index is 0.123. The molecule has 12 heteroatoms. The monoisotopic (exact) mass is 616 g/mol. The highest BCUT2D eigenvalue weighted by Gasteiger charge is 2.26. The molecular formula is C33H34F2N6O4. The van der Waals surface area contributed by atoms with E-state index in [-0.39, 0.29) is 18.3 Å². The van der Waals surface area contributed by atoms with Crippen LogP contribution in [0.1, 0.15) is 52.6 Å². The van der Waals surface area contributed by atoms with Gasteiger partial charge in [0, 0.05) is 29.7 Å². The molecule has 5 aromatic rings. The summed E-state index contributed by atoms with van der Waals surface area (Å²) in [6.07, 6.45) is 2.11. The number of aromatic carboxylic acids is 1. The topological polar surface area (TPSA) is 108 Å². The number of carboxylic acids is 1. The Hall–Kier alpha value is -4.42. The molecule has 0 spiro atoms. The van der Waals surface area contributed by atoms with Crippen molar-refractivity contribution in [3.8, 4) is 5.88 Å². The van der Waals surface area contributed by atoms with E-state index in [4.69, 9.17) is 19.4 Å². The fourth-order valence-electron chi connectivity index (χ4n) is 6.23. The van der Waals surface area contributed by atoms with Gasteiger partial charge in [-0.2, -0.15) is 5.10 Å². The van der Waals surface area contributed by atoms with Gasteiger partial charge in [-0.05, 0) is 68.2 Å². The van der Waals surface area contributed by atoms with Crippen LogP contribution in [0.3, 0.4) is 0 Å². The highest BCUT2D eigenvalue weighted by molar-refractivity contribution is 5.92. The van der Waals surface area contributed by atoms with Gasteiger partial charge >= 0.3 is 5.97 Å². The molecule has 0 saturated carbocycles. The van der Waals surface area contributed by atoms with Crippen molar-refractivity contribution in [2.24, 2.45) is 0 Å². The Bertz CT molecular complexity index is 1830. The van der Waals surface area contributed by atoms with E-state index in [9.17, 15) is 18.7 Å². The van der Waals surface area contributed by atoms with Crippen molar-refractivity contribution in [3.63, 3.8) is 0 Å². The number of aromatic nitrogens is 5. The molecule has 0 bridgehead atoms. The third kappa shape index (κ3) is 6.38. The molecular weight excluding hydrogens is 582 g/mol. The molecule has 10 nitrogen and oxygen atoms in total. The molecule has 2 fully saturated rings. The molecule has 2 aliphatic rings. The highest BCUT2D eigenvalue weighted by Crippen LogP contribution is 2.30. The number of nitrogens with zero attached hydrogens (tertiary/aromatic N) is 6. The lowest BCUT2D eigenvalue weighted by Gasteiger charge is -2.32. The molecule has 2 aromatic carbocycles. The number of hydrogen-bond acceptors (Lipinski definition) is 7. The quantitative estimate of drug-likeness (QED) is 0.208. The number of alkyl halides is 2. The molecule has 2 saturated heterocycles. The number of piperidine rings is 1. The van der Waals surface area contributed by atoms with Crippen LogP contribution in [0.2, 0.25) is 0 Å². The van der Waals surface area contributed by atoms with Crippen LogP contribution >= 0.6 is 0 Å². The van der Waals surface area contributed by atoms with Crippen LogP contribution in [0.5, 0.6) is 5.88 Å². The molecule has 3 aromatic heterocycles. The first kappa shape index (κ1) is 29.3. The second kappa shape index (κ2) is 12.5. The van der Waals surface area contributed by atoms with Crippen LogP contribution in [-0.4, -0.2) is 72.5 Å². The summed E-state index contributed by atoms with van der Waals surface area (Å²) in [4.78, 5) is 23.7. The Labute approximate surface area is 258 Å². The van der Waals surface area contributed by atoms with Crippen molar-refractivity contribution in [2.75, 3.05) is 19.7 Å². The average molecular weight is 617 g/mol. The number of ether oxygens (including phenoxy) is 2. The van der Waals surface area contributed by atoms with Crippen LogP contribution < -0.4 is 4.74 Å². The Morgan fingerprint density at radius 1 is 1.04 bits per heavy atom. The molecule has 7 rings (SSSR count). The maximum absolute atomic E-state index is 12.9. The van der Waals surface area contributed by atoms with Crippen molar-refractivity contribution >= 4 is 27.9 Å². The predicted molar refractivity (Wildman–Crippen MR) is 163 cm³/mol. The van der Waals surface area contributed by atoms with Gasteiger partial charge in [0.1, 0.15) is 19.0 Å². The third-order valence-corrected chi connectivity index (χ3v) is 8.78. The van der Waals surface area contributed by atoms with Crippen molar-refractivity contribution in [1.82, 2.24) is 29.2 Å². The number of pyridine rings is 1. The number of halogens is 2. The van der Waals surface area contributed by atoms with Gasteiger partial charge < -0.3 is 19.1 Å². The lowest BCUT2D eigenvalue weighted by Crippen LogP contribution is -2.35. The molecule has 0 amide bonds. The fourth-order valence-corrected chi connectivity index (χ4v) is 6.23. The largest absolute Gasteiger partial charge is 0.478 e. The Morgan fingerprint density at radius 2 is 1.89 bits per heavy atom. The zero-order valence-electron chi connectivity index (χ0n) is 24.7. The predicted octanol–water partition coefficient (Wildman–Crippen LogP) is 5.49. The first-order chi connectivity index (χ1) is 21.9. The minimum Gasteiger partial charge on any atom is -0.478 e. The zero-order valence-corrected chi connectivity index (χ0v) is 24.7. The van der Waals surface area contributed by atoms with E-state index >= 15 is 0 Å². The summed E-state index contributed by atoms with van der Waals surface area (Å²) in [7, 11) is 0. The maximum atomic E-state index is 12.9. The number of carboxylic acid groups (broad SMARTS) is 1. The van der Waals surface area contributed by atoms with Gasteiger partial charge in [0.05, 0.1) is 47.5 Å². The minimum atomic E-state index is -2.48. The molecule has 1 atom stereocenters. The molecule has 5 heterocycles. The summed E-state index contributed by atoms with van der Waals surface area (Å²) in [5.74, 6) is 0.799. The normalized spacial score (nSPS) is 17.7. The summed E-state index contributed by atoms with van der Waals surface area (Å²) in [6, 6.07) is 16.6. The van der Waals surface area contributed by atoms with Crippen LogP contribution in [0.4, 0.5) is 8.78 Å². The first-order valence-electron chi connectivity index (χ1n) is 15.3. The van der Waals surface area contributed by atoms with Crippen LogP contribution in [0.15, 0.2) is 60.8 Å². The maximum Gasteiger partial charge on any atom is 0.335 e. The van der Waals surface area contributed by atoms with Crippen molar-refractivity contribution in [1.29, 1.82) is 0 Å². The number of hydrogen-bond donors (Lipinski definition) is 1. The van der Waals surface area contributed by atoms with Gasteiger partial charge in [0.2, 0.25) is 5.88 Å². The average Bonchev–Trinajstić information content (AvgIpc) is 3.57. The van der Waals surface area contributed by atoms with Gasteiger partial charge in [-0.15, -0.1) is 0 Å². The number of imidazole rings is 1. The lowest BCUT2D eigenvalue weighted by molar-refractivity contribution is -0.0592. The second-order valence-electron chi connectivity index (χ2n) is 11.8. The molecule has 0 aliphatic carbocycles. The smallest absolute Gasteiger partial charge is 0.335 e. The molecule has 0 unspecified atom stereocenters. The zero-order chi connectivity index (χ0) is 30.9. The van der Waals surface area contributed by atoms with Gasteiger partial charge in [0.25, 0.3) is 6.43 Å². The number of likely N-dealkylation sites (tertiary alicyclic amines) is 1. The Morgan fingerprint density at radius 3 is 2.64 bits per heavy atom. The van der Waals surface area contributed by atoms with E-state index in [0.29, 0.717) is 30.4 Å². The van der Waals surface area contributed by atoms with E-state index < -0.39 is 18.9 Å². The molecule has 0 radical (unpaired) electrons. The van der Waals surface area contributed by atoms with Crippen molar-refractivity contribution < 1.29 is 28.2 Å². The summed E-state index contributed by atoms with van der Waals surface area (Å²) in [5.41, 5.74) is 4.38. The highest BCUT2D eigenvalue weighted by atomic mass is 19.3. The van der Waals surface area contributed by atoms with E-state index in [1.54, 1.807) is 24.4 Å². The van der Waals surface area contributed by atoms with Crippen molar-refractivity contribution in [3.05, 3.63) is 83.4 Å². The van der Waals surface area contributed by atoms with Crippen LogP contribution in [0, 0.1) is 0 Å². The Kier molecular flexibility index (Phi) is 8.16. The van der Waals surface area contributed by atoms with E-state index in [1.165, 1.54) is 4.68 Å². The summed E-state index contributed by atoms with van der Waals surface area (Å²) < 4.78 is 41.0. The van der Waals surface area contributed by atoms with E-state index in [1.807, 2.05) is 36.4 Å². The van der Waals surface area contributed by atoms with Gasteiger partial charge in [-0.3, -0.25) is 9.58 Å². The first-order valence-corrected chi connectivity index (χ1v) is 15.3. The van der Waals surface area contributed by atoms with E-state index in [0.717, 1.165) is 72.5 Å². The summed E-state index contributed by atoms with van der Waals surface area (Å²) >= 11 is 0. The van der Waals surface area contributed by atoms with Crippen LogP contribution in [-0.2, 0) is 31.0 Å². The Balaban J connectivity index is 0.990. The summed E-state index contributed by atoms with van der Waals surface area (Å²) in [6.45, 7) is 3.68. The number of benzene rings is 2. The number of rotatable bonds is 11. The van der Waals surface area contributed by atoms with Gasteiger partial charge in [-0.25, -0.2) is 23.5 Å². The molecule has 45 heavy (non-hydrogen) atoms. The molecule has 1 N–H and O–H groups in total. The standard InChI is InChI=1S/C33H34F2N6O4/c34-30(35)18-41-28-14-21(4-5-24(28)16-36-41)20-45-32-3-1-2-26(38-32)22-8-11-39(12-9-22)19-31-37-27-7-6-23(33(42)43)15-29(27)40(31)17-25-10-13-44-25/h1-7,14-16,22,25,30H,8-13,17-20H2,(H,42,43)/t25-/m0/s1. The summed E-state index contributed by atoms with van der Waals surface area (Å²) in [5, 5.41) is 14.4. The number of fused-ring (bicyclic) bond motifs is 2. The number of carbonyl (C=O) groups is 1. The van der Waals surface area contributed by atoms with Gasteiger partial charge in [-0.1, -0.05) is 18.2 Å². The lowest BCUT2D eigenvalue weighted by atomic mass is 9.93. The SMILES string of the molecule is O=C(O)c1ccc2nc(CN3CCC(c4cccc(OCc5ccc6cnn(CC(F)F)c6c5)n4)CC3)n(C[C@@H]3CCO3)c2c1. The molecule has 234 valence electrons. The van der Waals surface area contributed by atoms with Gasteiger partial charge in [0.15, 0.2) is 0 Å². The fraction of sp³-hybridized carbons (Fsp3) is 0.394. The van der Waals surface area contributed by atoms with Crippen LogP contribution in [0.25, 0.3) is 21.9 Å². The third-order valence-electron chi connectivity index (χ3n) is 8.78.